The highest BCUT2D eigenvalue weighted by Crippen LogP contribution is 2.21. The number of ether oxygens (including phenoxy) is 1. The second-order valence-corrected chi connectivity index (χ2v) is 4.78. The molecule has 0 aliphatic rings. The van der Waals surface area contributed by atoms with E-state index >= 15 is 0 Å². The van der Waals surface area contributed by atoms with Gasteiger partial charge in [-0.15, -0.1) is 24.0 Å². The van der Waals surface area contributed by atoms with Crippen LogP contribution in [0.4, 0.5) is 13.2 Å². The number of unbranched alkanes of at least 4 members (excludes halogenated alkanes) is 1. The fourth-order valence-electron chi connectivity index (χ4n) is 1.85. The Morgan fingerprint density at radius 2 is 1.96 bits per heavy atom. The summed E-state index contributed by atoms with van der Waals surface area (Å²) in [5.74, 6) is 1.34. The molecule has 1 rings (SSSR count). The Morgan fingerprint density at radius 3 is 2.57 bits per heavy atom. The first kappa shape index (κ1) is 21.8. The van der Waals surface area contributed by atoms with Gasteiger partial charge in [-0.25, -0.2) is 0 Å². The van der Waals surface area contributed by atoms with Crippen LogP contribution in [0.2, 0.25) is 0 Å². The maximum absolute atomic E-state index is 12.0. The summed E-state index contributed by atoms with van der Waals surface area (Å²) in [5, 5.41) is 6.10. The van der Waals surface area contributed by atoms with E-state index in [2.05, 4.69) is 15.6 Å². The van der Waals surface area contributed by atoms with Crippen LogP contribution in [0.5, 0.6) is 5.75 Å². The van der Waals surface area contributed by atoms with Crippen molar-refractivity contribution < 1.29 is 17.9 Å². The highest BCUT2D eigenvalue weighted by Gasteiger charge is 2.25. The van der Waals surface area contributed by atoms with Crippen LogP contribution in [0.1, 0.15) is 24.8 Å². The van der Waals surface area contributed by atoms with Gasteiger partial charge in [-0.2, -0.15) is 13.2 Å². The van der Waals surface area contributed by atoms with Gasteiger partial charge in [0.15, 0.2) is 5.96 Å². The zero-order valence-electron chi connectivity index (χ0n) is 13.2. The van der Waals surface area contributed by atoms with Crippen molar-refractivity contribution in [1.82, 2.24) is 10.6 Å². The molecular formula is C15H23F3IN3O. The third-order valence-corrected chi connectivity index (χ3v) is 3.00. The summed E-state index contributed by atoms with van der Waals surface area (Å²) in [7, 11) is 3.23. The molecule has 0 unspecified atom stereocenters. The number of aliphatic imine (C=N–C) groups is 1. The Hall–Kier alpha value is -1.19. The number of alkyl halides is 3. The zero-order chi connectivity index (χ0) is 16.4. The maximum atomic E-state index is 12.0. The lowest BCUT2D eigenvalue weighted by molar-refractivity contribution is -0.135. The van der Waals surface area contributed by atoms with Gasteiger partial charge in [0.2, 0.25) is 0 Å². The molecule has 0 bridgehead atoms. The Bertz CT molecular complexity index is 481. The van der Waals surface area contributed by atoms with E-state index < -0.39 is 12.6 Å². The maximum Gasteiger partial charge on any atom is 0.389 e. The lowest BCUT2D eigenvalue weighted by atomic mass is 10.2. The zero-order valence-corrected chi connectivity index (χ0v) is 15.6. The molecule has 0 saturated heterocycles. The van der Waals surface area contributed by atoms with Crippen LogP contribution < -0.4 is 15.4 Å². The van der Waals surface area contributed by atoms with Crippen LogP contribution in [0.15, 0.2) is 29.3 Å². The first-order valence-corrected chi connectivity index (χ1v) is 7.09. The van der Waals surface area contributed by atoms with Gasteiger partial charge in [0.05, 0.1) is 7.11 Å². The Labute approximate surface area is 151 Å². The minimum absolute atomic E-state index is 0. The molecule has 0 aliphatic heterocycles. The van der Waals surface area contributed by atoms with E-state index in [4.69, 9.17) is 4.74 Å². The van der Waals surface area contributed by atoms with Crippen LogP contribution in [0.25, 0.3) is 0 Å². The highest BCUT2D eigenvalue weighted by atomic mass is 127. The molecule has 1 aromatic rings. The van der Waals surface area contributed by atoms with Crippen molar-refractivity contribution in [1.29, 1.82) is 0 Å². The number of benzene rings is 1. The topological polar surface area (TPSA) is 45.7 Å². The molecule has 132 valence electrons. The van der Waals surface area contributed by atoms with Crippen molar-refractivity contribution >= 4 is 29.9 Å². The quantitative estimate of drug-likeness (QED) is 0.291. The van der Waals surface area contributed by atoms with Gasteiger partial charge in [-0.1, -0.05) is 12.1 Å². The normalized spacial score (nSPS) is 11.6. The number of hydrogen-bond acceptors (Lipinski definition) is 2. The van der Waals surface area contributed by atoms with Crippen molar-refractivity contribution in [2.45, 2.75) is 32.0 Å². The lowest BCUT2D eigenvalue weighted by Gasteiger charge is -2.12. The van der Waals surface area contributed by atoms with Gasteiger partial charge in [0.1, 0.15) is 5.75 Å². The first-order chi connectivity index (χ1) is 10.4. The summed E-state index contributed by atoms with van der Waals surface area (Å²) >= 11 is 0. The molecule has 2 N–H and O–H groups in total. The molecule has 0 saturated carbocycles. The van der Waals surface area contributed by atoms with Crippen LogP contribution >= 0.6 is 24.0 Å². The van der Waals surface area contributed by atoms with Gasteiger partial charge < -0.3 is 15.4 Å². The molecule has 1 aromatic carbocycles. The molecule has 0 atom stereocenters. The minimum atomic E-state index is -4.08. The second-order valence-electron chi connectivity index (χ2n) is 4.78. The van der Waals surface area contributed by atoms with E-state index in [1.165, 1.54) is 0 Å². The standard InChI is InChI=1S/C15H22F3N3O.HI/c1-19-14(20-9-4-3-8-15(16,17)18)21-11-12-6-5-7-13(10-12)22-2;/h5-7,10H,3-4,8-9,11H2,1-2H3,(H2,19,20,21);1H. The van der Waals surface area contributed by atoms with E-state index in [9.17, 15) is 13.2 Å². The van der Waals surface area contributed by atoms with Crippen LogP contribution in [0, 0.1) is 0 Å². The molecule has 4 nitrogen and oxygen atoms in total. The van der Waals surface area contributed by atoms with Crippen molar-refractivity contribution in [2.24, 2.45) is 4.99 Å². The number of guanidine groups is 1. The smallest absolute Gasteiger partial charge is 0.389 e. The van der Waals surface area contributed by atoms with Crippen LogP contribution in [0.3, 0.4) is 0 Å². The lowest BCUT2D eigenvalue weighted by Crippen LogP contribution is -2.37. The molecule has 23 heavy (non-hydrogen) atoms. The van der Waals surface area contributed by atoms with E-state index in [1.54, 1.807) is 14.2 Å². The van der Waals surface area contributed by atoms with Crippen molar-refractivity contribution in [3.8, 4) is 5.75 Å². The van der Waals surface area contributed by atoms with E-state index in [0.29, 0.717) is 25.5 Å². The monoisotopic (exact) mass is 445 g/mol. The van der Waals surface area contributed by atoms with Crippen LogP contribution in [-0.2, 0) is 6.54 Å². The number of hydrogen-bond donors (Lipinski definition) is 2. The number of halogens is 4. The average molecular weight is 445 g/mol. The van der Waals surface area contributed by atoms with Gasteiger partial charge in [-0.05, 0) is 30.5 Å². The summed E-state index contributed by atoms with van der Waals surface area (Å²) in [6.45, 7) is 1.01. The minimum Gasteiger partial charge on any atom is -0.497 e. The second kappa shape index (κ2) is 11.4. The summed E-state index contributed by atoms with van der Waals surface area (Å²) in [4.78, 5) is 4.03. The molecule has 0 heterocycles. The molecule has 8 heteroatoms. The molecule has 0 aromatic heterocycles. The van der Waals surface area contributed by atoms with E-state index in [1.807, 2.05) is 24.3 Å². The average Bonchev–Trinajstić information content (AvgIpc) is 2.49. The molecular weight excluding hydrogens is 422 g/mol. The summed E-state index contributed by atoms with van der Waals surface area (Å²) in [6, 6.07) is 7.61. The molecule has 0 aliphatic carbocycles. The van der Waals surface area contributed by atoms with Crippen LogP contribution in [-0.4, -0.2) is 32.8 Å². The number of nitrogens with zero attached hydrogens (tertiary/aromatic N) is 1. The Kier molecular flexibility index (Phi) is 10.8. The Balaban J connectivity index is 0.00000484. The van der Waals surface area contributed by atoms with E-state index in [0.717, 1.165) is 11.3 Å². The van der Waals surface area contributed by atoms with E-state index in [-0.39, 0.29) is 30.4 Å². The van der Waals surface area contributed by atoms with Gasteiger partial charge in [0, 0.05) is 26.6 Å². The number of methoxy groups -OCH3 is 1. The predicted molar refractivity (Wildman–Crippen MR) is 96.5 cm³/mol. The largest absolute Gasteiger partial charge is 0.497 e. The van der Waals surface area contributed by atoms with Gasteiger partial charge in [0.25, 0.3) is 0 Å². The molecule has 0 fully saturated rings. The van der Waals surface area contributed by atoms with Crippen molar-refractivity contribution in [2.75, 3.05) is 20.7 Å². The first-order valence-electron chi connectivity index (χ1n) is 7.09. The molecule has 0 amide bonds. The summed E-state index contributed by atoms with van der Waals surface area (Å²) in [6.07, 6.45) is -4.26. The third-order valence-electron chi connectivity index (χ3n) is 3.00. The van der Waals surface area contributed by atoms with Crippen molar-refractivity contribution in [3.63, 3.8) is 0 Å². The van der Waals surface area contributed by atoms with Gasteiger partial charge in [-0.3, -0.25) is 4.99 Å². The highest BCUT2D eigenvalue weighted by molar-refractivity contribution is 14.0. The number of nitrogens with one attached hydrogen (secondary N) is 2. The summed E-state index contributed by atoms with van der Waals surface area (Å²) in [5.41, 5.74) is 1.03. The predicted octanol–water partition coefficient (Wildman–Crippen LogP) is 3.71. The summed E-state index contributed by atoms with van der Waals surface area (Å²) < 4.78 is 41.2. The Morgan fingerprint density at radius 1 is 1.22 bits per heavy atom. The fraction of sp³-hybridized carbons (Fsp3) is 0.533. The van der Waals surface area contributed by atoms with Gasteiger partial charge >= 0.3 is 6.18 Å². The van der Waals surface area contributed by atoms with Crippen molar-refractivity contribution in [3.05, 3.63) is 29.8 Å². The SMILES string of the molecule is CN=C(NCCCCC(F)(F)F)NCc1cccc(OC)c1.I. The third kappa shape index (κ3) is 10.2. The molecule has 0 radical (unpaired) electrons. The molecule has 0 spiro atoms. The fourth-order valence-corrected chi connectivity index (χ4v) is 1.85. The number of rotatable bonds is 7.